The minimum Gasteiger partial charge on any atom is -0.506 e. The Bertz CT molecular complexity index is 964. The predicted molar refractivity (Wildman–Crippen MR) is 111 cm³/mol. The summed E-state index contributed by atoms with van der Waals surface area (Å²) in [5, 5.41) is 12.2. The second-order valence-electron chi connectivity index (χ2n) is 5.89. The number of aromatic nitrogens is 1. The van der Waals surface area contributed by atoms with Crippen LogP contribution in [0.15, 0.2) is 82.4 Å². The minimum absolute atomic E-state index is 0.175. The molecule has 1 aromatic heterocycles. The van der Waals surface area contributed by atoms with Crippen LogP contribution in [0, 0.1) is 0 Å². The number of pyridine rings is 1. The molecule has 0 spiro atoms. The summed E-state index contributed by atoms with van der Waals surface area (Å²) in [5.74, 6) is -0.175. The average Bonchev–Trinajstić information content (AvgIpc) is 2.61. The van der Waals surface area contributed by atoms with Gasteiger partial charge in [0.25, 0.3) is 0 Å². The van der Waals surface area contributed by atoms with Crippen molar-refractivity contribution < 1.29 is 5.11 Å². The summed E-state index contributed by atoms with van der Waals surface area (Å²) >= 11 is 6.50. The molecule has 4 nitrogen and oxygen atoms in total. The van der Waals surface area contributed by atoms with Crippen molar-refractivity contribution in [1.82, 2.24) is 4.98 Å². The molecule has 5 heteroatoms. The summed E-state index contributed by atoms with van der Waals surface area (Å²) in [5.41, 5.74) is 9.33. The Hall–Kier alpha value is -2.85. The van der Waals surface area contributed by atoms with E-state index in [9.17, 15) is 5.11 Å². The molecule has 0 aliphatic carbocycles. The van der Waals surface area contributed by atoms with E-state index in [1.165, 1.54) is 0 Å². The maximum Gasteiger partial charge on any atom is 0.135 e. The van der Waals surface area contributed by atoms with Crippen LogP contribution in [-0.2, 0) is 0 Å². The van der Waals surface area contributed by atoms with Crippen molar-refractivity contribution in [3.8, 4) is 0 Å². The molecule has 3 N–H and O–H groups in total. The van der Waals surface area contributed by atoms with Gasteiger partial charge in [-0.3, -0.25) is 9.98 Å². The minimum atomic E-state index is -0.175. The van der Waals surface area contributed by atoms with Gasteiger partial charge in [0.15, 0.2) is 0 Å². The zero-order valence-corrected chi connectivity index (χ0v) is 15.9. The molecule has 0 radical (unpaired) electrons. The molecule has 0 bridgehead atoms. The lowest BCUT2D eigenvalue weighted by molar-refractivity contribution is 0.446. The van der Waals surface area contributed by atoms with Gasteiger partial charge in [-0.1, -0.05) is 36.4 Å². The zero-order valence-electron chi connectivity index (χ0n) is 15.1. The van der Waals surface area contributed by atoms with E-state index in [0.29, 0.717) is 10.7 Å². The highest BCUT2D eigenvalue weighted by molar-refractivity contribution is 6.47. The molecule has 0 fully saturated rings. The molecule has 0 atom stereocenters. The number of hydrogen-bond acceptors (Lipinski definition) is 4. The first-order valence-electron chi connectivity index (χ1n) is 8.05. The van der Waals surface area contributed by atoms with Gasteiger partial charge in [-0.2, -0.15) is 0 Å². The second kappa shape index (κ2) is 8.50. The molecule has 0 saturated heterocycles. The number of aliphatic imine (C=N–C) groups is 1. The first-order chi connectivity index (χ1) is 12.3. The van der Waals surface area contributed by atoms with Crippen molar-refractivity contribution in [2.24, 2.45) is 10.7 Å². The standard InChI is InChI=1S/C21H22ClN3O/c1-13(23)5-8-19(14(2)20(22)21(24-4)15(3)26)17-6-7-18-12-25-10-9-16(18)11-17/h5-12,26H,3,23H2,1-2,4H3/b13-5+,19-8+,20-14-,24-21?. The van der Waals surface area contributed by atoms with Crippen molar-refractivity contribution in [1.29, 1.82) is 0 Å². The highest BCUT2D eigenvalue weighted by Gasteiger charge is 2.15. The number of hydrogen-bond donors (Lipinski definition) is 2. The van der Waals surface area contributed by atoms with E-state index in [1.807, 2.05) is 50.4 Å². The van der Waals surface area contributed by atoms with Gasteiger partial charge < -0.3 is 10.8 Å². The zero-order chi connectivity index (χ0) is 19.3. The van der Waals surface area contributed by atoms with E-state index in [-0.39, 0.29) is 11.5 Å². The Labute approximate surface area is 158 Å². The maximum absolute atomic E-state index is 9.74. The smallest absolute Gasteiger partial charge is 0.135 e. The molecule has 0 saturated carbocycles. The van der Waals surface area contributed by atoms with E-state index in [1.54, 1.807) is 13.2 Å². The summed E-state index contributed by atoms with van der Waals surface area (Å²) in [6.07, 6.45) is 7.30. The van der Waals surface area contributed by atoms with Crippen LogP contribution < -0.4 is 5.73 Å². The van der Waals surface area contributed by atoms with Crippen LogP contribution in [0.2, 0.25) is 0 Å². The molecule has 1 aromatic carbocycles. The van der Waals surface area contributed by atoms with Gasteiger partial charge in [-0.15, -0.1) is 0 Å². The Morgan fingerprint density at radius 1 is 1.23 bits per heavy atom. The van der Waals surface area contributed by atoms with Crippen LogP contribution in [0.1, 0.15) is 19.4 Å². The van der Waals surface area contributed by atoms with Crippen LogP contribution in [0.25, 0.3) is 16.3 Å². The summed E-state index contributed by atoms with van der Waals surface area (Å²) in [4.78, 5) is 8.17. The van der Waals surface area contributed by atoms with Gasteiger partial charge in [0.05, 0.1) is 5.03 Å². The van der Waals surface area contributed by atoms with E-state index < -0.39 is 0 Å². The lowest BCUT2D eigenvalue weighted by Crippen LogP contribution is -2.04. The van der Waals surface area contributed by atoms with Gasteiger partial charge >= 0.3 is 0 Å². The van der Waals surface area contributed by atoms with Crippen molar-refractivity contribution in [2.75, 3.05) is 7.05 Å². The predicted octanol–water partition coefficient (Wildman–Crippen LogP) is 5.14. The summed E-state index contributed by atoms with van der Waals surface area (Å²) in [7, 11) is 1.56. The summed E-state index contributed by atoms with van der Waals surface area (Å²) < 4.78 is 0. The van der Waals surface area contributed by atoms with Crippen LogP contribution in [0.4, 0.5) is 0 Å². The highest BCUT2D eigenvalue weighted by atomic mass is 35.5. The largest absolute Gasteiger partial charge is 0.506 e. The summed E-state index contributed by atoms with van der Waals surface area (Å²) in [6, 6.07) is 8.02. The highest BCUT2D eigenvalue weighted by Crippen LogP contribution is 2.30. The fourth-order valence-corrected chi connectivity index (χ4v) is 2.85. The van der Waals surface area contributed by atoms with Crippen molar-refractivity contribution in [3.05, 3.63) is 83.0 Å². The number of nitrogens with zero attached hydrogens (tertiary/aromatic N) is 2. The fourth-order valence-electron chi connectivity index (χ4n) is 2.55. The number of fused-ring (bicyclic) bond motifs is 1. The second-order valence-corrected chi connectivity index (χ2v) is 6.26. The Kier molecular flexibility index (Phi) is 6.36. The molecule has 26 heavy (non-hydrogen) atoms. The molecular weight excluding hydrogens is 346 g/mol. The van der Waals surface area contributed by atoms with Crippen molar-refractivity contribution in [2.45, 2.75) is 13.8 Å². The third kappa shape index (κ3) is 4.41. The van der Waals surface area contributed by atoms with Gasteiger partial charge in [0, 0.05) is 30.5 Å². The van der Waals surface area contributed by atoms with Gasteiger partial charge in [-0.25, -0.2) is 0 Å². The molecule has 0 unspecified atom stereocenters. The van der Waals surface area contributed by atoms with Crippen LogP contribution in [0.3, 0.4) is 0 Å². The lowest BCUT2D eigenvalue weighted by Gasteiger charge is -2.13. The maximum atomic E-state index is 9.74. The quantitative estimate of drug-likeness (QED) is 0.437. The average molecular weight is 368 g/mol. The van der Waals surface area contributed by atoms with Crippen LogP contribution in [-0.4, -0.2) is 22.8 Å². The first kappa shape index (κ1) is 19.5. The summed E-state index contributed by atoms with van der Waals surface area (Å²) in [6.45, 7) is 7.21. The molecule has 134 valence electrons. The van der Waals surface area contributed by atoms with E-state index >= 15 is 0 Å². The molecule has 2 rings (SSSR count). The monoisotopic (exact) mass is 367 g/mol. The fraction of sp³-hybridized carbons (Fsp3) is 0.143. The van der Waals surface area contributed by atoms with Crippen LogP contribution >= 0.6 is 11.6 Å². The molecular formula is C21H22ClN3O. The molecule has 0 amide bonds. The Morgan fingerprint density at radius 3 is 2.58 bits per heavy atom. The van der Waals surface area contributed by atoms with Gasteiger partial charge in [-0.05, 0) is 54.2 Å². The third-order valence-electron chi connectivity index (χ3n) is 3.90. The molecule has 0 aliphatic heterocycles. The van der Waals surface area contributed by atoms with Crippen molar-refractivity contribution >= 4 is 33.7 Å². The number of allylic oxidation sites excluding steroid dienone is 6. The van der Waals surface area contributed by atoms with E-state index in [4.69, 9.17) is 17.3 Å². The number of benzene rings is 1. The first-order valence-corrected chi connectivity index (χ1v) is 8.43. The topological polar surface area (TPSA) is 71.5 Å². The number of aliphatic hydroxyl groups excluding tert-OH is 1. The number of halogens is 1. The molecule has 0 aliphatic rings. The third-order valence-corrected chi connectivity index (χ3v) is 4.37. The van der Waals surface area contributed by atoms with Gasteiger partial charge in [0.2, 0.25) is 0 Å². The molecule has 1 heterocycles. The molecule has 2 aromatic rings. The number of nitrogens with two attached hydrogens (primary N) is 1. The normalized spacial score (nSPS) is 14.4. The lowest BCUT2D eigenvalue weighted by atomic mass is 9.95. The van der Waals surface area contributed by atoms with Crippen LogP contribution in [0.5, 0.6) is 0 Å². The SMILES string of the molecule is C=C(O)C(=NC)/C(Cl)=C(C)/C(=C\C=C(/C)N)c1ccc2cnccc2c1. The van der Waals surface area contributed by atoms with E-state index in [0.717, 1.165) is 27.5 Å². The number of rotatable bonds is 5. The number of aliphatic hydroxyl groups is 1. The van der Waals surface area contributed by atoms with Gasteiger partial charge in [0.1, 0.15) is 11.5 Å². The Balaban J connectivity index is 2.68. The van der Waals surface area contributed by atoms with Crippen molar-refractivity contribution in [3.63, 3.8) is 0 Å². The van der Waals surface area contributed by atoms with E-state index in [2.05, 4.69) is 22.6 Å². The Morgan fingerprint density at radius 2 is 1.96 bits per heavy atom.